The van der Waals surface area contributed by atoms with Crippen LogP contribution in [0.5, 0.6) is 0 Å². The quantitative estimate of drug-likeness (QED) is 0.0462. The van der Waals surface area contributed by atoms with Crippen LogP contribution in [0, 0.1) is 0 Å². The summed E-state index contributed by atoms with van der Waals surface area (Å²) < 4.78 is 0. The van der Waals surface area contributed by atoms with Gasteiger partial charge in [0.2, 0.25) is 5.91 Å². The van der Waals surface area contributed by atoms with Crippen molar-refractivity contribution in [1.29, 1.82) is 0 Å². The van der Waals surface area contributed by atoms with E-state index >= 15 is 0 Å². The zero-order valence-corrected chi connectivity index (χ0v) is 38.3. The number of carbonyl (C=O) groups is 1. The Hall–Kier alpha value is -0.650. The number of hydrogen-bond donors (Lipinski definition) is 4. The first kappa shape index (κ1) is 55.4. The smallest absolute Gasteiger partial charge is 0.220 e. The fourth-order valence-corrected chi connectivity index (χ4v) is 8.46. The van der Waals surface area contributed by atoms with Crippen LogP contribution in [-0.2, 0) is 4.79 Å². The van der Waals surface area contributed by atoms with E-state index in [1.807, 2.05) is 0 Å². The molecule has 0 aliphatic carbocycles. The van der Waals surface area contributed by atoms with Crippen molar-refractivity contribution in [2.24, 2.45) is 0 Å². The number of amides is 1. The van der Waals surface area contributed by atoms with E-state index in [4.69, 9.17) is 0 Å². The van der Waals surface area contributed by atoms with Gasteiger partial charge in [-0.25, -0.2) is 0 Å². The van der Waals surface area contributed by atoms with Crippen LogP contribution in [0.2, 0.25) is 0 Å². The topological polar surface area (TPSA) is 89.8 Å². The van der Waals surface area contributed by atoms with Gasteiger partial charge in [0, 0.05) is 6.42 Å². The van der Waals surface area contributed by atoms with Gasteiger partial charge < -0.3 is 20.6 Å². The van der Waals surface area contributed by atoms with Crippen LogP contribution < -0.4 is 5.32 Å². The van der Waals surface area contributed by atoms with Crippen LogP contribution in [0.15, 0.2) is 0 Å². The van der Waals surface area contributed by atoms with Crippen LogP contribution in [-0.4, -0.2) is 46.1 Å². The number of hydrogen-bond acceptors (Lipinski definition) is 4. The van der Waals surface area contributed by atoms with Gasteiger partial charge in [0.05, 0.1) is 18.8 Å². The van der Waals surface area contributed by atoms with Crippen molar-refractivity contribution in [3.8, 4) is 0 Å². The van der Waals surface area contributed by atoms with E-state index in [2.05, 4.69) is 19.2 Å². The number of aliphatic hydroxyl groups excluding tert-OH is 3. The van der Waals surface area contributed by atoms with E-state index in [1.54, 1.807) is 0 Å². The summed E-state index contributed by atoms with van der Waals surface area (Å²) in [6.45, 7) is 4.20. The first-order valence-corrected chi connectivity index (χ1v) is 25.8. The van der Waals surface area contributed by atoms with E-state index < -0.39 is 18.2 Å². The molecular formula is C51H103NO4. The van der Waals surface area contributed by atoms with Crippen molar-refractivity contribution in [3.05, 3.63) is 0 Å². The fourth-order valence-electron chi connectivity index (χ4n) is 8.46. The molecule has 0 aromatic heterocycles. The van der Waals surface area contributed by atoms with Crippen LogP contribution in [0.3, 0.4) is 0 Å². The summed E-state index contributed by atoms with van der Waals surface area (Å²) in [5, 5.41) is 33.6. The third kappa shape index (κ3) is 41.5. The molecule has 0 unspecified atom stereocenters. The van der Waals surface area contributed by atoms with Gasteiger partial charge in [-0.05, 0) is 12.8 Å². The lowest BCUT2D eigenvalue weighted by molar-refractivity contribution is -0.124. The van der Waals surface area contributed by atoms with Crippen LogP contribution >= 0.6 is 0 Å². The Morgan fingerprint density at radius 3 is 0.857 bits per heavy atom. The van der Waals surface area contributed by atoms with E-state index in [-0.39, 0.29) is 12.5 Å². The average molecular weight is 794 g/mol. The highest BCUT2D eigenvalue weighted by atomic mass is 16.3. The third-order valence-electron chi connectivity index (χ3n) is 12.5. The number of unbranched alkanes of at least 4 members (excludes halogenated alkanes) is 40. The first-order valence-electron chi connectivity index (χ1n) is 25.8. The molecule has 0 aromatic rings. The summed E-state index contributed by atoms with van der Waals surface area (Å²) in [4.78, 5) is 12.5. The number of rotatable bonds is 48. The zero-order valence-electron chi connectivity index (χ0n) is 38.3. The second-order valence-electron chi connectivity index (χ2n) is 18.1. The predicted octanol–water partition coefficient (Wildman–Crippen LogP) is 15.4. The molecule has 0 radical (unpaired) electrons. The van der Waals surface area contributed by atoms with E-state index in [1.165, 1.54) is 238 Å². The fraction of sp³-hybridized carbons (Fsp3) is 0.980. The Labute approximate surface area is 351 Å². The lowest BCUT2D eigenvalue weighted by atomic mass is 9.99. The van der Waals surface area contributed by atoms with Crippen molar-refractivity contribution < 1.29 is 20.1 Å². The summed E-state index contributed by atoms with van der Waals surface area (Å²) in [7, 11) is 0. The van der Waals surface area contributed by atoms with Gasteiger partial charge >= 0.3 is 0 Å². The van der Waals surface area contributed by atoms with Crippen molar-refractivity contribution in [2.45, 2.75) is 315 Å². The molecule has 0 spiro atoms. The minimum absolute atomic E-state index is 0.138. The van der Waals surface area contributed by atoms with Crippen molar-refractivity contribution in [3.63, 3.8) is 0 Å². The molecule has 1 amide bonds. The maximum atomic E-state index is 12.5. The Bertz CT molecular complexity index is 747. The Kier molecular flexibility index (Phi) is 46.5. The molecule has 0 aromatic carbocycles. The Morgan fingerprint density at radius 2 is 0.607 bits per heavy atom. The molecule has 0 aliphatic heterocycles. The van der Waals surface area contributed by atoms with Gasteiger partial charge in [-0.2, -0.15) is 0 Å². The maximum absolute atomic E-state index is 12.5. The summed E-state index contributed by atoms with van der Waals surface area (Å²) in [5.74, 6) is -0.138. The third-order valence-corrected chi connectivity index (χ3v) is 12.5. The average Bonchev–Trinajstić information content (AvgIpc) is 3.20. The highest BCUT2D eigenvalue weighted by Gasteiger charge is 2.26. The first-order chi connectivity index (χ1) is 27.6. The molecule has 56 heavy (non-hydrogen) atoms. The van der Waals surface area contributed by atoms with Crippen LogP contribution in [0.1, 0.15) is 296 Å². The largest absolute Gasteiger partial charge is 0.394 e. The number of aliphatic hydroxyl groups is 3. The van der Waals surface area contributed by atoms with Gasteiger partial charge in [-0.15, -0.1) is 0 Å². The molecule has 3 atom stereocenters. The summed E-state index contributed by atoms with van der Waals surface area (Å²) in [5.41, 5.74) is 0. The van der Waals surface area contributed by atoms with Gasteiger partial charge in [0.25, 0.3) is 0 Å². The second kappa shape index (κ2) is 47.0. The van der Waals surface area contributed by atoms with Crippen LogP contribution in [0.4, 0.5) is 0 Å². The monoisotopic (exact) mass is 794 g/mol. The molecule has 4 N–H and O–H groups in total. The minimum atomic E-state index is -1.13. The predicted molar refractivity (Wildman–Crippen MR) is 246 cm³/mol. The van der Waals surface area contributed by atoms with Crippen LogP contribution in [0.25, 0.3) is 0 Å². The van der Waals surface area contributed by atoms with E-state index in [9.17, 15) is 20.1 Å². The molecule has 5 heteroatoms. The minimum Gasteiger partial charge on any atom is -0.394 e. The number of carbonyl (C=O) groups excluding carboxylic acids is 1. The lowest BCUT2D eigenvalue weighted by Gasteiger charge is -2.26. The lowest BCUT2D eigenvalue weighted by Crippen LogP contribution is -2.50. The summed E-state index contributed by atoms with van der Waals surface area (Å²) >= 11 is 0. The summed E-state index contributed by atoms with van der Waals surface area (Å²) in [6, 6.07) is -0.803. The molecule has 0 saturated carbocycles. The molecule has 0 bridgehead atoms. The Morgan fingerprint density at radius 1 is 0.375 bits per heavy atom. The van der Waals surface area contributed by atoms with E-state index in [0.717, 1.165) is 32.1 Å². The summed E-state index contributed by atoms with van der Waals surface area (Å²) in [6.07, 6.45) is 55.3. The van der Waals surface area contributed by atoms with Gasteiger partial charge in [0.1, 0.15) is 6.10 Å². The van der Waals surface area contributed by atoms with Gasteiger partial charge in [0.15, 0.2) is 0 Å². The van der Waals surface area contributed by atoms with Gasteiger partial charge in [-0.1, -0.05) is 277 Å². The standard InChI is InChI=1S/C51H103NO4/c1-3-5-7-9-11-13-15-17-18-19-20-21-22-23-24-25-26-27-28-29-30-31-32-34-36-38-40-42-44-46-50(55)52-48(47-53)51(56)49(54)45-43-41-39-37-35-33-16-14-12-10-8-6-4-2/h48-49,51,53-54,56H,3-47H2,1-2H3,(H,52,55)/t48-,49+,51-/m0/s1. The Balaban J connectivity index is 3.46. The highest BCUT2D eigenvalue weighted by molar-refractivity contribution is 5.76. The highest BCUT2D eigenvalue weighted by Crippen LogP contribution is 2.18. The van der Waals surface area contributed by atoms with E-state index in [0.29, 0.717) is 12.8 Å². The molecule has 0 rings (SSSR count). The molecule has 0 saturated heterocycles. The molecule has 0 aliphatic rings. The van der Waals surface area contributed by atoms with Gasteiger partial charge in [-0.3, -0.25) is 4.79 Å². The van der Waals surface area contributed by atoms with Crippen molar-refractivity contribution in [1.82, 2.24) is 5.32 Å². The molecular weight excluding hydrogens is 691 g/mol. The second-order valence-corrected chi connectivity index (χ2v) is 18.1. The van der Waals surface area contributed by atoms with Crippen molar-refractivity contribution in [2.75, 3.05) is 6.61 Å². The number of nitrogens with one attached hydrogen (secondary N) is 1. The molecule has 5 nitrogen and oxygen atoms in total. The normalized spacial score (nSPS) is 13.3. The molecule has 336 valence electrons. The SMILES string of the molecule is CCCCCCCCCCCCCCCCCCCCCCCCCCCCCCCC(=O)N[C@@H](CO)[C@H](O)[C@H](O)CCCCCCCCCCCCCCC. The maximum Gasteiger partial charge on any atom is 0.220 e. The zero-order chi connectivity index (χ0) is 40.8. The van der Waals surface area contributed by atoms with Crippen molar-refractivity contribution >= 4 is 5.91 Å². The molecule has 0 fully saturated rings. The molecule has 0 heterocycles.